The molecule has 1 aliphatic rings. The second kappa shape index (κ2) is 10.1. The van der Waals surface area contributed by atoms with Gasteiger partial charge in [-0.2, -0.15) is 13.2 Å². The van der Waals surface area contributed by atoms with Crippen LogP contribution in [0.15, 0.2) is 42.5 Å². The van der Waals surface area contributed by atoms with Crippen LogP contribution in [0.5, 0.6) is 5.75 Å². The maximum Gasteiger partial charge on any atom is 0.416 e. The Morgan fingerprint density at radius 1 is 1.10 bits per heavy atom. The normalized spacial score (nSPS) is 19.1. The molecule has 1 fully saturated rings. The smallest absolute Gasteiger partial charge is 0.416 e. The van der Waals surface area contributed by atoms with Crippen molar-refractivity contribution in [3.05, 3.63) is 65.0 Å². The Morgan fingerprint density at radius 2 is 1.81 bits per heavy atom. The standard InChI is InChI=1S/C23H26F4N2O2/c1-31-21-5-3-2-4-16(21)14-28-20-8-6-15(7-9-20)13-29-22(30)17-10-18(23(25,26)27)12-19(24)11-17/h2-5,10-12,15,20,28H,6-9,13-14H2,1H3,(H,29,30)/t15-,20+. The van der Waals surface area contributed by atoms with Crippen LogP contribution < -0.4 is 15.4 Å². The van der Waals surface area contributed by atoms with Gasteiger partial charge in [-0.3, -0.25) is 4.79 Å². The van der Waals surface area contributed by atoms with Gasteiger partial charge < -0.3 is 15.4 Å². The number of amides is 1. The fraction of sp³-hybridized carbons (Fsp3) is 0.435. The largest absolute Gasteiger partial charge is 0.496 e. The minimum atomic E-state index is -4.70. The zero-order chi connectivity index (χ0) is 22.4. The fourth-order valence-electron chi connectivity index (χ4n) is 3.90. The van der Waals surface area contributed by atoms with Crippen molar-refractivity contribution in [3.63, 3.8) is 0 Å². The Kier molecular flexibility index (Phi) is 7.54. The molecular formula is C23H26F4N2O2. The number of hydrogen-bond donors (Lipinski definition) is 2. The monoisotopic (exact) mass is 438 g/mol. The lowest BCUT2D eigenvalue weighted by atomic mass is 9.86. The van der Waals surface area contributed by atoms with Crippen LogP contribution in [-0.2, 0) is 12.7 Å². The summed E-state index contributed by atoms with van der Waals surface area (Å²) >= 11 is 0. The Hall–Kier alpha value is -2.61. The highest BCUT2D eigenvalue weighted by Gasteiger charge is 2.32. The number of benzene rings is 2. The summed E-state index contributed by atoms with van der Waals surface area (Å²) in [5, 5.41) is 6.19. The van der Waals surface area contributed by atoms with Gasteiger partial charge in [0, 0.05) is 30.3 Å². The molecule has 4 nitrogen and oxygen atoms in total. The quantitative estimate of drug-likeness (QED) is 0.603. The van der Waals surface area contributed by atoms with Crippen molar-refractivity contribution < 1.29 is 27.1 Å². The molecule has 1 saturated carbocycles. The molecule has 0 spiro atoms. The first kappa shape index (κ1) is 23.1. The van der Waals surface area contributed by atoms with E-state index in [4.69, 9.17) is 4.74 Å². The first-order valence-electron chi connectivity index (χ1n) is 10.3. The topological polar surface area (TPSA) is 50.4 Å². The van der Waals surface area contributed by atoms with Gasteiger partial charge in [0.25, 0.3) is 5.91 Å². The van der Waals surface area contributed by atoms with Crippen molar-refractivity contribution in [2.45, 2.75) is 44.4 Å². The maximum absolute atomic E-state index is 13.5. The summed E-state index contributed by atoms with van der Waals surface area (Å²) in [4.78, 5) is 12.2. The van der Waals surface area contributed by atoms with Gasteiger partial charge in [0.05, 0.1) is 12.7 Å². The van der Waals surface area contributed by atoms with Gasteiger partial charge >= 0.3 is 6.18 Å². The molecule has 2 aromatic carbocycles. The van der Waals surface area contributed by atoms with E-state index >= 15 is 0 Å². The average molecular weight is 438 g/mol. The van der Waals surface area contributed by atoms with E-state index in [1.165, 1.54) is 0 Å². The van der Waals surface area contributed by atoms with Gasteiger partial charge in [-0.05, 0) is 55.9 Å². The lowest BCUT2D eigenvalue weighted by molar-refractivity contribution is -0.137. The highest BCUT2D eigenvalue weighted by molar-refractivity contribution is 5.94. The van der Waals surface area contributed by atoms with Crippen LogP contribution >= 0.6 is 0 Å². The Morgan fingerprint density at radius 3 is 2.48 bits per heavy atom. The number of hydrogen-bond acceptors (Lipinski definition) is 3. The molecule has 0 heterocycles. The lowest BCUT2D eigenvalue weighted by Gasteiger charge is -2.29. The predicted molar refractivity (Wildman–Crippen MR) is 109 cm³/mol. The summed E-state index contributed by atoms with van der Waals surface area (Å²) in [5.74, 6) is -0.690. The Labute approximate surface area is 179 Å². The summed E-state index contributed by atoms with van der Waals surface area (Å²) < 4.78 is 57.3. The van der Waals surface area contributed by atoms with Gasteiger partial charge in [0.1, 0.15) is 11.6 Å². The molecule has 0 saturated heterocycles. The summed E-state index contributed by atoms with van der Waals surface area (Å²) in [6.07, 6.45) is -1.05. The van der Waals surface area contributed by atoms with Crippen LogP contribution in [-0.4, -0.2) is 25.6 Å². The molecule has 0 aromatic heterocycles. The van der Waals surface area contributed by atoms with E-state index in [2.05, 4.69) is 10.6 Å². The molecule has 0 bridgehead atoms. The fourth-order valence-corrected chi connectivity index (χ4v) is 3.90. The van der Waals surface area contributed by atoms with Gasteiger partial charge in [-0.25, -0.2) is 4.39 Å². The van der Waals surface area contributed by atoms with E-state index in [-0.39, 0.29) is 11.5 Å². The molecule has 31 heavy (non-hydrogen) atoms. The van der Waals surface area contributed by atoms with Crippen LogP contribution in [0.1, 0.15) is 47.2 Å². The number of methoxy groups -OCH3 is 1. The molecule has 2 N–H and O–H groups in total. The van der Waals surface area contributed by atoms with E-state index in [0.717, 1.165) is 43.1 Å². The first-order chi connectivity index (χ1) is 14.8. The Bertz CT molecular complexity index is 893. The summed E-state index contributed by atoms with van der Waals surface area (Å²) in [6.45, 7) is 1.06. The lowest BCUT2D eigenvalue weighted by Crippen LogP contribution is -2.36. The number of ether oxygens (including phenoxy) is 1. The maximum atomic E-state index is 13.5. The van der Waals surface area contributed by atoms with Crippen LogP contribution in [0, 0.1) is 11.7 Å². The van der Waals surface area contributed by atoms with E-state index in [9.17, 15) is 22.4 Å². The second-order valence-electron chi connectivity index (χ2n) is 7.85. The van der Waals surface area contributed by atoms with E-state index in [0.29, 0.717) is 31.3 Å². The summed E-state index contributed by atoms with van der Waals surface area (Å²) in [6, 6.07) is 10.1. The molecule has 0 unspecified atom stereocenters. The molecule has 8 heteroatoms. The van der Waals surface area contributed by atoms with Crippen molar-refractivity contribution in [2.75, 3.05) is 13.7 Å². The molecule has 3 rings (SSSR count). The van der Waals surface area contributed by atoms with Gasteiger partial charge in [-0.15, -0.1) is 0 Å². The third-order valence-electron chi connectivity index (χ3n) is 5.66. The molecule has 2 aromatic rings. The predicted octanol–water partition coefficient (Wildman–Crippen LogP) is 4.93. The summed E-state index contributed by atoms with van der Waals surface area (Å²) in [5.41, 5.74) is -0.397. The van der Waals surface area contributed by atoms with E-state index < -0.39 is 23.5 Å². The van der Waals surface area contributed by atoms with Crippen molar-refractivity contribution in [1.29, 1.82) is 0 Å². The molecule has 1 aliphatic carbocycles. The molecule has 0 radical (unpaired) electrons. The number of halogens is 4. The molecule has 0 atom stereocenters. The summed E-state index contributed by atoms with van der Waals surface area (Å²) in [7, 11) is 1.64. The zero-order valence-corrected chi connectivity index (χ0v) is 17.3. The average Bonchev–Trinajstić information content (AvgIpc) is 2.76. The van der Waals surface area contributed by atoms with Crippen molar-refractivity contribution >= 4 is 5.91 Å². The third kappa shape index (κ3) is 6.43. The van der Waals surface area contributed by atoms with Gasteiger partial charge in [0.15, 0.2) is 0 Å². The van der Waals surface area contributed by atoms with Crippen molar-refractivity contribution in [2.24, 2.45) is 5.92 Å². The minimum absolute atomic E-state index is 0.240. The van der Waals surface area contributed by atoms with Crippen LogP contribution in [0.2, 0.25) is 0 Å². The number of para-hydroxylation sites is 1. The SMILES string of the molecule is COc1ccccc1CN[C@H]1CC[C@@H](CNC(=O)c2cc(F)cc(C(F)(F)F)c2)CC1. The third-order valence-corrected chi connectivity index (χ3v) is 5.66. The zero-order valence-electron chi connectivity index (χ0n) is 17.3. The number of alkyl halides is 3. The Balaban J connectivity index is 1.45. The highest BCUT2D eigenvalue weighted by Crippen LogP contribution is 2.30. The molecule has 0 aliphatic heterocycles. The number of nitrogens with one attached hydrogen (secondary N) is 2. The number of carbonyl (C=O) groups is 1. The van der Waals surface area contributed by atoms with Crippen molar-refractivity contribution in [1.82, 2.24) is 10.6 Å². The van der Waals surface area contributed by atoms with E-state index in [1.54, 1.807) is 7.11 Å². The van der Waals surface area contributed by atoms with Gasteiger partial charge in [-0.1, -0.05) is 18.2 Å². The van der Waals surface area contributed by atoms with Crippen LogP contribution in [0.4, 0.5) is 17.6 Å². The molecule has 1 amide bonds. The van der Waals surface area contributed by atoms with Crippen LogP contribution in [0.25, 0.3) is 0 Å². The number of carbonyl (C=O) groups excluding carboxylic acids is 1. The highest BCUT2D eigenvalue weighted by atomic mass is 19.4. The van der Waals surface area contributed by atoms with Gasteiger partial charge in [0.2, 0.25) is 0 Å². The molecule has 168 valence electrons. The van der Waals surface area contributed by atoms with E-state index in [1.807, 2.05) is 24.3 Å². The first-order valence-corrected chi connectivity index (χ1v) is 10.3. The minimum Gasteiger partial charge on any atom is -0.496 e. The van der Waals surface area contributed by atoms with Crippen molar-refractivity contribution in [3.8, 4) is 5.75 Å². The van der Waals surface area contributed by atoms with Crippen LogP contribution in [0.3, 0.4) is 0 Å². The second-order valence-corrected chi connectivity index (χ2v) is 7.85. The number of rotatable bonds is 7. The molecular weight excluding hydrogens is 412 g/mol.